The van der Waals surface area contributed by atoms with Gasteiger partial charge < -0.3 is 4.74 Å². The number of hydrogen-bond acceptors (Lipinski definition) is 1. The fraction of sp³-hybridized carbons (Fsp3) is 0.778. The molecule has 0 atom stereocenters. The van der Waals surface area contributed by atoms with Crippen LogP contribution >= 0.6 is 11.6 Å². The first-order chi connectivity index (χ1) is 14.6. The average Bonchev–Trinajstić information content (AvgIpc) is 2.78. The van der Waals surface area contributed by atoms with Crippen molar-refractivity contribution in [2.24, 2.45) is 17.8 Å². The Morgan fingerprint density at radius 1 is 0.867 bits per heavy atom. The predicted molar refractivity (Wildman–Crippen MR) is 126 cm³/mol. The molecule has 170 valence electrons. The van der Waals surface area contributed by atoms with Crippen molar-refractivity contribution in [2.45, 2.75) is 110 Å². The van der Waals surface area contributed by atoms with Gasteiger partial charge in [-0.25, -0.2) is 4.39 Å². The predicted octanol–water partition coefficient (Wildman–Crippen LogP) is 9.32. The van der Waals surface area contributed by atoms with E-state index in [4.69, 9.17) is 16.3 Å². The normalized spacial score (nSPS) is 27.2. The van der Waals surface area contributed by atoms with Crippen LogP contribution < -0.4 is 4.74 Å². The van der Waals surface area contributed by atoms with Gasteiger partial charge in [0.2, 0.25) is 0 Å². The van der Waals surface area contributed by atoms with Crippen molar-refractivity contribution in [3.05, 3.63) is 28.5 Å². The van der Waals surface area contributed by atoms with Crippen LogP contribution in [0.5, 0.6) is 5.75 Å². The van der Waals surface area contributed by atoms with Crippen molar-refractivity contribution >= 4 is 11.6 Å². The van der Waals surface area contributed by atoms with Crippen LogP contribution in [0, 0.1) is 23.6 Å². The van der Waals surface area contributed by atoms with E-state index < -0.39 is 0 Å². The molecule has 0 saturated heterocycles. The number of unbranched alkanes of at least 4 members (excludes halogenated alkanes) is 3. The summed E-state index contributed by atoms with van der Waals surface area (Å²) in [6.45, 7) is 5.01. The van der Waals surface area contributed by atoms with Crippen molar-refractivity contribution in [2.75, 3.05) is 6.61 Å². The molecule has 0 spiro atoms. The summed E-state index contributed by atoms with van der Waals surface area (Å²) in [5, 5.41) is 0.173. The average molecular weight is 437 g/mol. The lowest BCUT2D eigenvalue weighted by atomic mass is 9.68. The van der Waals surface area contributed by atoms with E-state index >= 15 is 0 Å². The maximum atomic E-state index is 15.0. The van der Waals surface area contributed by atoms with Crippen molar-refractivity contribution in [3.63, 3.8) is 0 Å². The Kier molecular flexibility index (Phi) is 9.81. The molecule has 0 N–H and O–H groups in total. The fourth-order valence-corrected chi connectivity index (χ4v) is 6.06. The first-order valence-corrected chi connectivity index (χ1v) is 13.1. The highest BCUT2D eigenvalue weighted by Gasteiger charge is 2.32. The lowest BCUT2D eigenvalue weighted by Crippen LogP contribution is -2.25. The molecule has 2 aliphatic carbocycles. The molecule has 3 rings (SSSR count). The topological polar surface area (TPSA) is 9.23 Å². The number of hydrogen-bond donors (Lipinski definition) is 0. The van der Waals surface area contributed by atoms with Gasteiger partial charge in [0.25, 0.3) is 0 Å². The van der Waals surface area contributed by atoms with Crippen molar-refractivity contribution in [1.29, 1.82) is 0 Å². The van der Waals surface area contributed by atoms with Gasteiger partial charge in [-0.2, -0.15) is 0 Å². The summed E-state index contributed by atoms with van der Waals surface area (Å²) in [5.41, 5.74) is 0.806. The maximum absolute atomic E-state index is 15.0. The molecule has 30 heavy (non-hydrogen) atoms. The fourth-order valence-electron chi connectivity index (χ4n) is 5.83. The second-order valence-electron chi connectivity index (χ2n) is 9.87. The molecule has 0 bridgehead atoms. The van der Waals surface area contributed by atoms with Crippen molar-refractivity contribution < 1.29 is 9.13 Å². The van der Waals surface area contributed by atoms with Crippen LogP contribution in [0.25, 0.3) is 0 Å². The zero-order chi connectivity index (χ0) is 21.3. The first-order valence-electron chi connectivity index (χ1n) is 12.7. The molecule has 0 heterocycles. The van der Waals surface area contributed by atoms with Gasteiger partial charge in [-0.05, 0) is 80.2 Å². The van der Waals surface area contributed by atoms with Crippen LogP contribution in [0.2, 0.25) is 5.02 Å². The molecule has 1 aromatic carbocycles. The Labute approximate surface area is 189 Å². The number of ether oxygens (including phenoxy) is 1. The Hall–Kier alpha value is -0.760. The largest absolute Gasteiger partial charge is 0.492 e. The van der Waals surface area contributed by atoms with Crippen LogP contribution in [0.1, 0.15) is 115 Å². The van der Waals surface area contributed by atoms with Gasteiger partial charge in [-0.3, -0.25) is 0 Å². The van der Waals surface area contributed by atoms with Crippen LogP contribution in [-0.2, 0) is 0 Å². The lowest BCUT2D eigenvalue weighted by Gasteiger charge is -2.38. The number of rotatable bonds is 10. The Morgan fingerprint density at radius 3 is 2.13 bits per heavy atom. The molecular weight excluding hydrogens is 395 g/mol. The van der Waals surface area contributed by atoms with Crippen LogP contribution in [0.15, 0.2) is 12.1 Å². The third-order valence-electron chi connectivity index (χ3n) is 7.82. The second kappa shape index (κ2) is 12.3. The van der Waals surface area contributed by atoms with E-state index in [1.165, 1.54) is 64.2 Å². The molecule has 3 heteroatoms. The number of halogens is 2. The molecule has 2 fully saturated rings. The zero-order valence-electron chi connectivity index (χ0n) is 19.2. The van der Waals surface area contributed by atoms with Crippen LogP contribution in [-0.4, -0.2) is 6.61 Å². The highest BCUT2D eigenvalue weighted by molar-refractivity contribution is 6.32. The summed E-state index contributed by atoms with van der Waals surface area (Å²) in [5.74, 6) is 3.31. The second-order valence-corrected chi connectivity index (χ2v) is 10.2. The van der Waals surface area contributed by atoms with E-state index in [1.54, 1.807) is 0 Å². The smallest absolute Gasteiger partial charge is 0.149 e. The molecular formula is C27H42ClFO. The Morgan fingerprint density at radius 2 is 1.50 bits per heavy atom. The Balaban J connectivity index is 1.47. The van der Waals surface area contributed by atoms with Gasteiger partial charge in [0.05, 0.1) is 6.61 Å². The van der Waals surface area contributed by atoms with E-state index in [-0.39, 0.29) is 10.8 Å². The van der Waals surface area contributed by atoms with Gasteiger partial charge >= 0.3 is 0 Å². The minimum atomic E-state index is -0.248. The number of benzene rings is 1. The van der Waals surface area contributed by atoms with E-state index in [0.29, 0.717) is 18.3 Å². The lowest BCUT2D eigenvalue weighted by molar-refractivity contribution is 0.155. The van der Waals surface area contributed by atoms with Crippen LogP contribution in [0.4, 0.5) is 4.39 Å². The highest BCUT2D eigenvalue weighted by Crippen LogP contribution is 2.46. The molecule has 0 radical (unpaired) electrons. The summed E-state index contributed by atoms with van der Waals surface area (Å²) >= 11 is 6.31. The summed E-state index contributed by atoms with van der Waals surface area (Å²) in [6, 6.07) is 3.80. The quantitative estimate of drug-likeness (QED) is 0.332. The molecule has 0 aromatic heterocycles. The minimum absolute atomic E-state index is 0.173. The third-order valence-corrected chi connectivity index (χ3v) is 8.17. The summed E-state index contributed by atoms with van der Waals surface area (Å²) in [7, 11) is 0. The van der Waals surface area contributed by atoms with Gasteiger partial charge in [0.1, 0.15) is 16.6 Å². The Bertz CT molecular complexity index is 630. The molecule has 0 aliphatic heterocycles. The summed E-state index contributed by atoms with van der Waals surface area (Å²) in [4.78, 5) is 0. The highest BCUT2D eigenvalue weighted by atomic mass is 35.5. The minimum Gasteiger partial charge on any atom is -0.492 e. The van der Waals surface area contributed by atoms with E-state index in [0.717, 1.165) is 49.0 Å². The van der Waals surface area contributed by atoms with E-state index in [9.17, 15) is 4.39 Å². The molecule has 2 aliphatic rings. The van der Waals surface area contributed by atoms with E-state index in [1.807, 2.05) is 12.1 Å². The standard InChI is InChI=1S/C27H42ClFO/c1-3-5-7-8-20-9-11-21(12-10-20)22-13-15-23(16-14-22)24-17-18-25(26(28)27(24)29)30-19-6-4-2/h17-18,20-23H,3-16,19H2,1-2H3. The van der Waals surface area contributed by atoms with E-state index in [2.05, 4.69) is 13.8 Å². The SMILES string of the molecule is CCCCCC1CCC(C2CCC(c3ccc(OCCCC)c(Cl)c3F)CC2)CC1. The monoisotopic (exact) mass is 436 g/mol. The zero-order valence-corrected chi connectivity index (χ0v) is 20.0. The molecule has 1 aromatic rings. The molecule has 0 unspecified atom stereocenters. The van der Waals surface area contributed by atoms with Crippen LogP contribution in [0.3, 0.4) is 0 Å². The van der Waals surface area contributed by atoms with Gasteiger partial charge in [0.15, 0.2) is 0 Å². The molecule has 2 saturated carbocycles. The van der Waals surface area contributed by atoms with Gasteiger partial charge in [-0.15, -0.1) is 0 Å². The third kappa shape index (κ3) is 6.38. The summed E-state index contributed by atoms with van der Waals surface area (Å²) in [6.07, 6.45) is 18.1. The van der Waals surface area contributed by atoms with Gasteiger partial charge in [-0.1, -0.05) is 76.5 Å². The van der Waals surface area contributed by atoms with Gasteiger partial charge in [0, 0.05) is 0 Å². The first kappa shape index (κ1) is 23.9. The van der Waals surface area contributed by atoms with Crippen molar-refractivity contribution in [1.82, 2.24) is 0 Å². The molecule has 0 amide bonds. The maximum Gasteiger partial charge on any atom is 0.149 e. The van der Waals surface area contributed by atoms with Crippen molar-refractivity contribution in [3.8, 4) is 5.75 Å². The summed E-state index contributed by atoms with van der Waals surface area (Å²) < 4.78 is 20.6. The molecule has 1 nitrogen and oxygen atoms in total.